The monoisotopic (exact) mass is 240 g/mol. The van der Waals surface area contributed by atoms with E-state index >= 15 is 0 Å². The number of hydrogen-bond acceptors (Lipinski definition) is 4. The number of oxazole rings is 1. The summed E-state index contributed by atoms with van der Waals surface area (Å²) in [6.07, 6.45) is 1.77. The van der Waals surface area contributed by atoms with Crippen LogP contribution < -0.4 is 4.74 Å². The molecular formula is C14H12N2O2. The summed E-state index contributed by atoms with van der Waals surface area (Å²) in [5, 5.41) is 0. The highest BCUT2D eigenvalue weighted by atomic mass is 16.5. The van der Waals surface area contributed by atoms with Crippen molar-refractivity contribution >= 4 is 11.2 Å². The zero-order chi connectivity index (χ0) is 12.5. The maximum absolute atomic E-state index is 5.63. The van der Waals surface area contributed by atoms with Gasteiger partial charge in [-0.25, -0.2) is 9.97 Å². The molecule has 18 heavy (non-hydrogen) atoms. The van der Waals surface area contributed by atoms with Gasteiger partial charge in [-0.3, -0.25) is 0 Å². The van der Waals surface area contributed by atoms with Crippen LogP contribution >= 0.6 is 0 Å². The fourth-order valence-electron chi connectivity index (χ4n) is 1.80. The molecule has 0 atom stereocenters. The van der Waals surface area contributed by atoms with Crippen molar-refractivity contribution in [3.63, 3.8) is 0 Å². The molecule has 1 aromatic carbocycles. The first kappa shape index (κ1) is 10.8. The number of benzene rings is 1. The van der Waals surface area contributed by atoms with Crippen LogP contribution in [0.2, 0.25) is 0 Å². The van der Waals surface area contributed by atoms with Gasteiger partial charge in [0.1, 0.15) is 11.3 Å². The zero-order valence-electron chi connectivity index (χ0n) is 10.2. The second-order valence-corrected chi connectivity index (χ2v) is 4.09. The molecular weight excluding hydrogens is 228 g/mol. The number of rotatable bonds is 2. The van der Waals surface area contributed by atoms with Crippen molar-refractivity contribution in [1.82, 2.24) is 9.97 Å². The Morgan fingerprint density at radius 3 is 2.94 bits per heavy atom. The van der Waals surface area contributed by atoms with Crippen LogP contribution in [0.3, 0.4) is 0 Å². The molecule has 2 heterocycles. The number of ether oxygens (including phenoxy) is 1. The molecule has 0 amide bonds. The molecule has 4 nitrogen and oxygen atoms in total. The second kappa shape index (κ2) is 4.14. The minimum Gasteiger partial charge on any atom is -0.497 e. The van der Waals surface area contributed by atoms with Gasteiger partial charge >= 0.3 is 0 Å². The predicted molar refractivity (Wildman–Crippen MR) is 68.5 cm³/mol. The Morgan fingerprint density at radius 2 is 2.11 bits per heavy atom. The van der Waals surface area contributed by atoms with Crippen LogP contribution in [-0.2, 0) is 0 Å². The van der Waals surface area contributed by atoms with Crippen molar-refractivity contribution < 1.29 is 9.15 Å². The molecule has 0 bridgehead atoms. The number of methoxy groups -OCH3 is 1. The van der Waals surface area contributed by atoms with Crippen molar-refractivity contribution in [3.8, 4) is 17.2 Å². The lowest BCUT2D eigenvalue weighted by Crippen LogP contribution is -1.83. The van der Waals surface area contributed by atoms with Crippen molar-refractivity contribution in [2.24, 2.45) is 0 Å². The van der Waals surface area contributed by atoms with Crippen LogP contribution in [-0.4, -0.2) is 17.1 Å². The van der Waals surface area contributed by atoms with Crippen LogP contribution in [0.4, 0.5) is 0 Å². The summed E-state index contributed by atoms with van der Waals surface area (Å²) in [6.45, 7) is 1.98. The van der Waals surface area contributed by atoms with Crippen LogP contribution in [0.25, 0.3) is 22.7 Å². The van der Waals surface area contributed by atoms with E-state index in [4.69, 9.17) is 9.15 Å². The van der Waals surface area contributed by atoms with Crippen LogP contribution in [0.5, 0.6) is 5.75 Å². The summed E-state index contributed by atoms with van der Waals surface area (Å²) in [7, 11) is 1.64. The molecule has 90 valence electrons. The summed E-state index contributed by atoms with van der Waals surface area (Å²) in [5.41, 5.74) is 3.27. The zero-order valence-corrected chi connectivity index (χ0v) is 10.2. The van der Waals surface area contributed by atoms with E-state index in [0.717, 1.165) is 22.4 Å². The quantitative estimate of drug-likeness (QED) is 0.690. The third-order valence-electron chi connectivity index (χ3n) is 2.70. The number of fused-ring (bicyclic) bond motifs is 1. The molecule has 0 aliphatic rings. The van der Waals surface area contributed by atoms with Gasteiger partial charge in [-0.1, -0.05) is 6.07 Å². The Morgan fingerprint density at radius 1 is 1.22 bits per heavy atom. The first-order valence-corrected chi connectivity index (χ1v) is 5.64. The largest absolute Gasteiger partial charge is 0.497 e. The van der Waals surface area contributed by atoms with Crippen LogP contribution in [0.1, 0.15) is 5.56 Å². The van der Waals surface area contributed by atoms with E-state index in [9.17, 15) is 0 Å². The summed E-state index contributed by atoms with van der Waals surface area (Å²) < 4.78 is 10.8. The molecule has 2 aromatic heterocycles. The molecule has 0 aliphatic carbocycles. The molecule has 0 saturated carbocycles. The van der Waals surface area contributed by atoms with Crippen molar-refractivity contribution in [2.45, 2.75) is 6.92 Å². The molecule has 0 radical (unpaired) electrons. The number of aryl methyl sites for hydroxylation is 1. The number of nitrogens with zero attached hydrogens (tertiary/aromatic N) is 2. The molecule has 0 saturated heterocycles. The maximum atomic E-state index is 5.63. The van der Waals surface area contributed by atoms with Gasteiger partial charge in [-0.15, -0.1) is 0 Å². The summed E-state index contributed by atoms with van der Waals surface area (Å²) in [4.78, 5) is 8.64. The Bertz CT molecular complexity index is 704. The van der Waals surface area contributed by atoms with Crippen LogP contribution in [0.15, 0.2) is 40.9 Å². The SMILES string of the molecule is COc1cccc(-c2nc3cc(C)cnc3o2)c1. The van der Waals surface area contributed by atoms with Crippen molar-refractivity contribution in [2.75, 3.05) is 7.11 Å². The predicted octanol–water partition coefficient (Wildman–Crippen LogP) is 3.21. The number of hydrogen-bond donors (Lipinski definition) is 0. The van der Waals surface area contributed by atoms with E-state index in [1.54, 1.807) is 13.3 Å². The lowest BCUT2D eigenvalue weighted by molar-refractivity contribution is 0.415. The van der Waals surface area contributed by atoms with Gasteiger partial charge in [-0.2, -0.15) is 0 Å². The maximum Gasteiger partial charge on any atom is 0.247 e. The summed E-state index contributed by atoms with van der Waals surface area (Å²) >= 11 is 0. The Balaban J connectivity index is 2.13. The Labute approximate surface area is 104 Å². The smallest absolute Gasteiger partial charge is 0.247 e. The fourth-order valence-corrected chi connectivity index (χ4v) is 1.80. The Kier molecular flexibility index (Phi) is 2.48. The fraction of sp³-hybridized carbons (Fsp3) is 0.143. The molecule has 0 fully saturated rings. The van der Waals surface area contributed by atoms with Gasteiger partial charge in [0.25, 0.3) is 0 Å². The number of pyridine rings is 1. The molecule has 3 aromatic rings. The molecule has 0 unspecified atom stereocenters. The third-order valence-corrected chi connectivity index (χ3v) is 2.70. The van der Waals surface area contributed by atoms with E-state index in [0.29, 0.717) is 11.6 Å². The highest BCUT2D eigenvalue weighted by Gasteiger charge is 2.09. The lowest BCUT2D eigenvalue weighted by atomic mass is 10.2. The van der Waals surface area contributed by atoms with Gasteiger partial charge < -0.3 is 9.15 Å². The number of aromatic nitrogens is 2. The second-order valence-electron chi connectivity index (χ2n) is 4.09. The van der Waals surface area contributed by atoms with Gasteiger partial charge in [-0.05, 0) is 36.8 Å². The van der Waals surface area contributed by atoms with Crippen molar-refractivity contribution in [1.29, 1.82) is 0 Å². The minimum absolute atomic E-state index is 0.554. The Hall–Kier alpha value is -2.36. The average Bonchev–Trinajstić information content (AvgIpc) is 2.81. The van der Waals surface area contributed by atoms with Gasteiger partial charge in [0.2, 0.25) is 11.6 Å². The van der Waals surface area contributed by atoms with E-state index < -0.39 is 0 Å². The molecule has 0 aliphatic heterocycles. The van der Waals surface area contributed by atoms with E-state index in [-0.39, 0.29) is 0 Å². The first-order chi connectivity index (χ1) is 8.76. The third kappa shape index (κ3) is 1.82. The normalized spacial score (nSPS) is 10.8. The minimum atomic E-state index is 0.554. The van der Waals surface area contributed by atoms with Gasteiger partial charge in [0, 0.05) is 11.8 Å². The molecule has 3 rings (SSSR count). The highest BCUT2D eigenvalue weighted by molar-refractivity contribution is 5.73. The standard InChI is InChI=1S/C14H12N2O2/c1-9-6-12-14(15-8-9)18-13(16-12)10-4-3-5-11(7-10)17-2/h3-8H,1-2H3. The highest BCUT2D eigenvalue weighted by Crippen LogP contribution is 2.26. The van der Waals surface area contributed by atoms with Gasteiger partial charge in [0.15, 0.2) is 0 Å². The van der Waals surface area contributed by atoms with E-state index in [1.807, 2.05) is 37.3 Å². The van der Waals surface area contributed by atoms with Crippen molar-refractivity contribution in [3.05, 3.63) is 42.1 Å². The molecule has 4 heteroatoms. The summed E-state index contributed by atoms with van der Waals surface area (Å²) in [5.74, 6) is 1.33. The lowest BCUT2D eigenvalue weighted by Gasteiger charge is -2.00. The topological polar surface area (TPSA) is 48.2 Å². The average molecular weight is 240 g/mol. The summed E-state index contributed by atoms with van der Waals surface area (Å²) in [6, 6.07) is 9.56. The molecule has 0 N–H and O–H groups in total. The molecule has 0 spiro atoms. The van der Waals surface area contributed by atoms with Crippen LogP contribution in [0, 0.1) is 6.92 Å². The first-order valence-electron chi connectivity index (χ1n) is 5.64. The van der Waals surface area contributed by atoms with Gasteiger partial charge in [0.05, 0.1) is 7.11 Å². The van der Waals surface area contributed by atoms with E-state index in [2.05, 4.69) is 9.97 Å². The van der Waals surface area contributed by atoms with E-state index in [1.165, 1.54) is 0 Å².